The van der Waals surface area contributed by atoms with Crippen molar-refractivity contribution in [1.82, 2.24) is 24.7 Å². The molecule has 4 rings (SSSR count). The summed E-state index contributed by atoms with van der Waals surface area (Å²) in [7, 11) is 0. The Hall–Kier alpha value is -2.10. The predicted molar refractivity (Wildman–Crippen MR) is 87.2 cm³/mol. The summed E-state index contributed by atoms with van der Waals surface area (Å²) in [6.45, 7) is 3.72. The molecule has 0 saturated carbocycles. The van der Waals surface area contributed by atoms with Gasteiger partial charge in [-0.2, -0.15) is 5.10 Å². The van der Waals surface area contributed by atoms with E-state index < -0.39 is 0 Å². The summed E-state index contributed by atoms with van der Waals surface area (Å²) >= 11 is 0. The molecule has 0 amide bonds. The molecule has 0 aliphatic carbocycles. The molecular formula is C16H21N5O4. The van der Waals surface area contributed by atoms with Gasteiger partial charge in [0.15, 0.2) is 11.6 Å². The monoisotopic (exact) mass is 347 g/mol. The SMILES string of the molecule is O=c1cnc(-c2nc(C3CCOCC3)nn2C[C@@H]2COCCO2)c[nH]1. The van der Waals surface area contributed by atoms with Crippen LogP contribution in [0, 0.1) is 0 Å². The van der Waals surface area contributed by atoms with Crippen molar-refractivity contribution in [3.63, 3.8) is 0 Å². The van der Waals surface area contributed by atoms with Gasteiger partial charge in [-0.25, -0.2) is 14.6 Å². The fourth-order valence-corrected chi connectivity index (χ4v) is 3.10. The largest absolute Gasteiger partial charge is 0.381 e. The summed E-state index contributed by atoms with van der Waals surface area (Å²) in [5, 5.41) is 4.71. The van der Waals surface area contributed by atoms with Crippen LogP contribution < -0.4 is 5.56 Å². The Balaban J connectivity index is 1.64. The Morgan fingerprint density at radius 1 is 1.20 bits per heavy atom. The van der Waals surface area contributed by atoms with Crippen molar-refractivity contribution in [2.45, 2.75) is 31.4 Å². The molecule has 1 N–H and O–H groups in total. The molecule has 2 aromatic heterocycles. The number of hydrogen-bond acceptors (Lipinski definition) is 7. The van der Waals surface area contributed by atoms with Crippen molar-refractivity contribution in [3.8, 4) is 11.5 Å². The van der Waals surface area contributed by atoms with Gasteiger partial charge in [0.2, 0.25) is 0 Å². The molecule has 2 aliphatic rings. The molecule has 0 unspecified atom stereocenters. The molecule has 9 nitrogen and oxygen atoms in total. The van der Waals surface area contributed by atoms with Crippen molar-refractivity contribution in [1.29, 1.82) is 0 Å². The highest BCUT2D eigenvalue weighted by molar-refractivity contribution is 5.47. The fourth-order valence-electron chi connectivity index (χ4n) is 3.10. The van der Waals surface area contributed by atoms with Gasteiger partial charge in [0.25, 0.3) is 5.56 Å². The van der Waals surface area contributed by atoms with Crippen LogP contribution >= 0.6 is 0 Å². The van der Waals surface area contributed by atoms with Crippen LogP contribution in [-0.4, -0.2) is 63.9 Å². The van der Waals surface area contributed by atoms with E-state index in [4.69, 9.17) is 24.3 Å². The van der Waals surface area contributed by atoms with Gasteiger partial charge < -0.3 is 19.2 Å². The van der Waals surface area contributed by atoms with Crippen molar-refractivity contribution >= 4 is 0 Å². The Morgan fingerprint density at radius 3 is 2.80 bits per heavy atom. The maximum Gasteiger partial charge on any atom is 0.266 e. The predicted octanol–water partition coefficient (Wildman–Crippen LogP) is 0.338. The third-order valence-corrected chi connectivity index (χ3v) is 4.44. The van der Waals surface area contributed by atoms with Gasteiger partial charge in [-0.1, -0.05) is 0 Å². The molecule has 25 heavy (non-hydrogen) atoms. The summed E-state index contributed by atoms with van der Waals surface area (Å²) in [4.78, 5) is 22.9. The smallest absolute Gasteiger partial charge is 0.266 e. The van der Waals surface area contributed by atoms with Crippen LogP contribution in [-0.2, 0) is 20.8 Å². The van der Waals surface area contributed by atoms with Crippen LogP contribution in [0.15, 0.2) is 17.2 Å². The minimum Gasteiger partial charge on any atom is -0.381 e. The molecule has 2 fully saturated rings. The zero-order valence-electron chi connectivity index (χ0n) is 13.9. The van der Waals surface area contributed by atoms with Crippen molar-refractivity contribution in [2.75, 3.05) is 33.0 Å². The number of rotatable bonds is 4. The summed E-state index contributed by atoms with van der Waals surface area (Å²) in [6, 6.07) is 0. The van der Waals surface area contributed by atoms with Gasteiger partial charge in [-0.3, -0.25) is 4.79 Å². The number of aromatic nitrogens is 5. The van der Waals surface area contributed by atoms with Crippen molar-refractivity contribution in [3.05, 3.63) is 28.6 Å². The zero-order valence-corrected chi connectivity index (χ0v) is 13.9. The lowest BCUT2D eigenvalue weighted by molar-refractivity contribution is -0.0945. The first-order valence-electron chi connectivity index (χ1n) is 8.56. The summed E-state index contributed by atoms with van der Waals surface area (Å²) in [5.74, 6) is 1.70. The van der Waals surface area contributed by atoms with Crippen LogP contribution in [0.3, 0.4) is 0 Å². The highest BCUT2D eigenvalue weighted by Gasteiger charge is 2.25. The standard InChI is InChI=1S/C16H21N5O4/c22-14-8-17-13(7-18-14)16-19-15(11-1-3-23-4-2-11)20-21(16)9-12-10-24-5-6-25-12/h7-8,11-12H,1-6,9-10H2,(H,18,22)/t12-/m1/s1. The molecule has 2 aliphatic heterocycles. The maximum absolute atomic E-state index is 11.3. The van der Waals surface area contributed by atoms with Crippen LogP contribution in [0.4, 0.5) is 0 Å². The minimum atomic E-state index is -0.247. The maximum atomic E-state index is 11.3. The molecule has 0 radical (unpaired) electrons. The van der Waals surface area contributed by atoms with E-state index in [1.165, 1.54) is 6.20 Å². The van der Waals surface area contributed by atoms with Gasteiger partial charge in [-0.15, -0.1) is 0 Å². The quantitative estimate of drug-likeness (QED) is 0.850. The van der Waals surface area contributed by atoms with Gasteiger partial charge in [0.1, 0.15) is 11.8 Å². The number of hydrogen-bond donors (Lipinski definition) is 1. The third kappa shape index (κ3) is 3.78. The molecule has 0 aromatic carbocycles. The topological polar surface area (TPSA) is 104 Å². The molecule has 0 bridgehead atoms. The lowest BCUT2D eigenvalue weighted by atomic mass is 10.00. The number of nitrogens with zero attached hydrogens (tertiary/aromatic N) is 4. The zero-order chi connectivity index (χ0) is 17.1. The Kier molecular flexibility index (Phi) is 4.86. The molecule has 0 spiro atoms. The lowest BCUT2D eigenvalue weighted by Crippen LogP contribution is -2.33. The first-order chi connectivity index (χ1) is 12.3. The molecule has 9 heteroatoms. The minimum absolute atomic E-state index is 0.0699. The normalized spacial score (nSPS) is 22.2. The lowest BCUT2D eigenvalue weighted by Gasteiger charge is -2.23. The van der Waals surface area contributed by atoms with Gasteiger partial charge in [0.05, 0.1) is 32.6 Å². The van der Waals surface area contributed by atoms with Gasteiger partial charge >= 0.3 is 0 Å². The number of aromatic amines is 1. The second-order valence-electron chi connectivity index (χ2n) is 6.23. The van der Waals surface area contributed by atoms with E-state index >= 15 is 0 Å². The number of nitrogens with one attached hydrogen (secondary N) is 1. The molecule has 4 heterocycles. The Labute approximate surface area is 144 Å². The number of ether oxygens (including phenoxy) is 3. The van der Waals surface area contributed by atoms with Crippen LogP contribution in [0.2, 0.25) is 0 Å². The molecular weight excluding hydrogens is 326 g/mol. The van der Waals surface area contributed by atoms with E-state index in [-0.39, 0.29) is 17.6 Å². The van der Waals surface area contributed by atoms with Crippen molar-refractivity contribution in [2.24, 2.45) is 0 Å². The highest BCUT2D eigenvalue weighted by Crippen LogP contribution is 2.26. The van der Waals surface area contributed by atoms with E-state index in [0.717, 1.165) is 31.9 Å². The first-order valence-corrected chi connectivity index (χ1v) is 8.56. The molecule has 2 saturated heterocycles. The van der Waals surface area contributed by atoms with E-state index in [2.05, 4.69) is 9.97 Å². The van der Waals surface area contributed by atoms with E-state index in [1.807, 2.05) is 4.68 Å². The molecule has 1 atom stereocenters. The fraction of sp³-hybridized carbons (Fsp3) is 0.625. The second-order valence-corrected chi connectivity index (χ2v) is 6.23. The van der Waals surface area contributed by atoms with Crippen molar-refractivity contribution < 1.29 is 14.2 Å². The van der Waals surface area contributed by atoms with Gasteiger partial charge in [0, 0.05) is 25.3 Å². The van der Waals surface area contributed by atoms with E-state index in [0.29, 0.717) is 37.9 Å². The van der Waals surface area contributed by atoms with E-state index in [9.17, 15) is 4.79 Å². The summed E-state index contributed by atoms with van der Waals surface area (Å²) in [5.41, 5.74) is 0.339. The average molecular weight is 347 g/mol. The van der Waals surface area contributed by atoms with Crippen LogP contribution in [0.25, 0.3) is 11.5 Å². The summed E-state index contributed by atoms with van der Waals surface area (Å²) < 4.78 is 18.4. The summed E-state index contributed by atoms with van der Waals surface area (Å²) in [6.07, 6.45) is 4.56. The van der Waals surface area contributed by atoms with E-state index in [1.54, 1.807) is 6.20 Å². The third-order valence-electron chi connectivity index (χ3n) is 4.44. The Morgan fingerprint density at radius 2 is 2.08 bits per heavy atom. The van der Waals surface area contributed by atoms with Gasteiger partial charge in [-0.05, 0) is 12.8 Å². The average Bonchev–Trinajstić information content (AvgIpc) is 3.08. The molecule has 134 valence electrons. The highest BCUT2D eigenvalue weighted by atomic mass is 16.6. The molecule has 2 aromatic rings. The Bertz CT molecular complexity index is 742. The first kappa shape index (κ1) is 16.4. The number of H-pyrrole nitrogens is 1. The van der Waals surface area contributed by atoms with Crippen LogP contribution in [0.5, 0.6) is 0 Å². The second kappa shape index (κ2) is 7.42. The van der Waals surface area contributed by atoms with Crippen LogP contribution in [0.1, 0.15) is 24.6 Å².